The second kappa shape index (κ2) is 11.3. The Labute approximate surface area is 187 Å². The molecule has 5 fully saturated rings. The maximum Gasteiger partial charge on any atom is 0.114 e. The van der Waals surface area contributed by atoms with Crippen molar-refractivity contribution >= 4 is 0 Å². The summed E-state index contributed by atoms with van der Waals surface area (Å²) < 4.78 is 56.0. The van der Waals surface area contributed by atoms with Gasteiger partial charge in [-0.1, -0.05) is 0 Å². The Balaban J connectivity index is 1.20. The SMILES string of the molecule is OC(C(COCC1CO1)OCC1CO1)C(OCC1CO1)C(COCC1CO1)OCC1CO1. The van der Waals surface area contributed by atoms with Crippen LogP contribution in [0.5, 0.6) is 0 Å². The van der Waals surface area contributed by atoms with Gasteiger partial charge < -0.3 is 52.5 Å². The molecule has 0 aliphatic carbocycles. The van der Waals surface area contributed by atoms with Gasteiger partial charge in [0.1, 0.15) is 54.9 Å². The summed E-state index contributed by atoms with van der Waals surface area (Å²) in [4.78, 5) is 0. The van der Waals surface area contributed by atoms with Gasteiger partial charge in [-0.25, -0.2) is 0 Å². The van der Waals surface area contributed by atoms with Crippen LogP contribution in [0.1, 0.15) is 0 Å². The summed E-state index contributed by atoms with van der Waals surface area (Å²) in [6.07, 6.45) is -2.36. The van der Waals surface area contributed by atoms with Gasteiger partial charge in [-0.05, 0) is 0 Å². The average molecular weight is 462 g/mol. The Hall–Kier alpha value is -0.440. The highest BCUT2D eigenvalue weighted by molar-refractivity contribution is 4.87. The van der Waals surface area contributed by atoms with Crippen molar-refractivity contribution in [3.63, 3.8) is 0 Å². The topological polar surface area (TPSA) is 129 Å². The van der Waals surface area contributed by atoms with Crippen molar-refractivity contribution in [2.75, 3.05) is 79.3 Å². The molecule has 5 aliphatic rings. The molecule has 32 heavy (non-hydrogen) atoms. The summed E-state index contributed by atoms with van der Waals surface area (Å²) in [6, 6.07) is 0. The zero-order chi connectivity index (χ0) is 21.8. The van der Waals surface area contributed by atoms with Crippen molar-refractivity contribution in [3.8, 4) is 0 Å². The summed E-state index contributed by atoms with van der Waals surface area (Å²) >= 11 is 0. The Morgan fingerprint density at radius 1 is 0.562 bits per heavy atom. The van der Waals surface area contributed by atoms with Crippen LogP contribution in [0.25, 0.3) is 0 Å². The molecule has 0 aromatic carbocycles. The highest BCUT2D eigenvalue weighted by atomic mass is 16.6. The van der Waals surface area contributed by atoms with E-state index in [2.05, 4.69) is 0 Å². The summed E-state index contributed by atoms with van der Waals surface area (Å²) in [5.74, 6) is 0. The third-order valence-electron chi connectivity index (χ3n) is 5.73. The van der Waals surface area contributed by atoms with E-state index in [1.54, 1.807) is 0 Å². The summed E-state index contributed by atoms with van der Waals surface area (Å²) in [6.45, 7) is 6.01. The van der Waals surface area contributed by atoms with Gasteiger partial charge in [-0.2, -0.15) is 0 Å². The summed E-state index contributed by atoms with van der Waals surface area (Å²) in [5, 5.41) is 11.4. The van der Waals surface area contributed by atoms with Crippen LogP contribution in [0, 0.1) is 0 Å². The van der Waals surface area contributed by atoms with Crippen LogP contribution in [-0.2, 0) is 47.4 Å². The third kappa shape index (κ3) is 8.41. The van der Waals surface area contributed by atoms with Gasteiger partial charge in [0, 0.05) is 0 Å². The summed E-state index contributed by atoms with van der Waals surface area (Å²) in [7, 11) is 0. The van der Waals surface area contributed by atoms with E-state index < -0.39 is 24.4 Å². The van der Waals surface area contributed by atoms with Crippen LogP contribution in [0.4, 0.5) is 0 Å². The smallest absolute Gasteiger partial charge is 0.114 e. The number of aliphatic hydroxyl groups is 1. The second-order valence-electron chi connectivity index (χ2n) is 8.88. The molecule has 184 valence electrons. The number of epoxide rings is 5. The molecule has 0 amide bonds. The van der Waals surface area contributed by atoms with Gasteiger partial charge in [0.05, 0.1) is 79.3 Å². The van der Waals surface area contributed by atoms with Crippen molar-refractivity contribution in [2.24, 2.45) is 0 Å². The monoisotopic (exact) mass is 462 g/mol. The molecule has 1 N–H and O–H groups in total. The molecule has 5 rings (SSSR count). The van der Waals surface area contributed by atoms with E-state index in [4.69, 9.17) is 47.4 Å². The molecular formula is C21H34O11. The second-order valence-corrected chi connectivity index (χ2v) is 8.88. The molecule has 11 nitrogen and oxygen atoms in total. The van der Waals surface area contributed by atoms with E-state index in [9.17, 15) is 5.11 Å². The Morgan fingerprint density at radius 3 is 1.41 bits per heavy atom. The lowest BCUT2D eigenvalue weighted by Crippen LogP contribution is -2.52. The largest absolute Gasteiger partial charge is 0.387 e. The third-order valence-corrected chi connectivity index (χ3v) is 5.73. The fraction of sp³-hybridized carbons (Fsp3) is 1.00. The fourth-order valence-electron chi connectivity index (χ4n) is 3.25. The first kappa shape index (κ1) is 23.3. The normalized spacial score (nSPS) is 35.7. The molecule has 0 saturated carbocycles. The lowest BCUT2D eigenvalue weighted by molar-refractivity contribution is -0.183. The van der Waals surface area contributed by atoms with E-state index >= 15 is 0 Å². The molecule has 5 heterocycles. The number of rotatable bonds is 20. The quantitative estimate of drug-likeness (QED) is 0.213. The molecule has 0 bridgehead atoms. The van der Waals surface area contributed by atoms with Crippen LogP contribution in [-0.4, -0.2) is 139 Å². The molecule has 9 unspecified atom stereocenters. The Kier molecular flexibility index (Phi) is 8.25. The zero-order valence-electron chi connectivity index (χ0n) is 18.2. The van der Waals surface area contributed by atoms with Gasteiger partial charge >= 0.3 is 0 Å². The van der Waals surface area contributed by atoms with Gasteiger partial charge in [-0.3, -0.25) is 0 Å². The zero-order valence-corrected chi connectivity index (χ0v) is 18.2. The lowest BCUT2D eigenvalue weighted by atomic mass is 10.0. The molecule has 5 aliphatic heterocycles. The summed E-state index contributed by atoms with van der Waals surface area (Å²) in [5.41, 5.74) is 0. The predicted molar refractivity (Wildman–Crippen MR) is 106 cm³/mol. The van der Waals surface area contributed by atoms with Gasteiger partial charge in [-0.15, -0.1) is 0 Å². The first-order chi connectivity index (χ1) is 15.7. The average Bonchev–Trinajstić information content (AvgIpc) is 3.63. The molecule has 0 spiro atoms. The van der Waals surface area contributed by atoms with Crippen LogP contribution in [0.15, 0.2) is 0 Å². The molecule has 9 atom stereocenters. The van der Waals surface area contributed by atoms with Gasteiger partial charge in [0.2, 0.25) is 0 Å². The minimum absolute atomic E-state index is 0.0420. The number of hydrogen-bond donors (Lipinski definition) is 1. The van der Waals surface area contributed by atoms with Crippen LogP contribution >= 0.6 is 0 Å². The minimum Gasteiger partial charge on any atom is -0.387 e. The van der Waals surface area contributed by atoms with Crippen molar-refractivity contribution in [1.82, 2.24) is 0 Å². The Morgan fingerprint density at radius 2 is 0.938 bits per heavy atom. The maximum absolute atomic E-state index is 11.4. The van der Waals surface area contributed by atoms with Gasteiger partial charge in [0.15, 0.2) is 0 Å². The molecule has 5 saturated heterocycles. The first-order valence-corrected chi connectivity index (χ1v) is 11.5. The van der Waals surface area contributed by atoms with Crippen molar-refractivity contribution < 1.29 is 52.5 Å². The molecule has 0 aromatic rings. The number of aliphatic hydroxyl groups excluding tert-OH is 1. The molecule has 0 radical (unpaired) electrons. The number of hydrogen-bond acceptors (Lipinski definition) is 11. The van der Waals surface area contributed by atoms with Crippen molar-refractivity contribution in [1.29, 1.82) is 0 Å². The van der Waals surface area contributed by atoms with Crippen molar-refractivity contribution in [2.45, 2.75) is 54.9 Å². The van der Waals surface area contributed by atoms with Crippen LogP contribution in [0.3, 0.4) is 0 Å². The molecule has 0 aromatic heterocycles. The standard InChI is InChI=1S/C21H34O11/c22-20(18(30-8-15-5-27-15)11-23-1-13-3-25-13)21(32-10-17-7-29-17)19(31-9-16-6-28-16)12-24-2-14-4-26-14/h13-22H,1-12H2. The van der Waals surface area contributed by atoms with E-state index in [-0.39, 0.29) is 43.7 Å². The molecular weight excluding hydrogens is 428 g/mol. The van der Waals surface area contributed by atoms with Crippen LogP contribution < -0.4 is 0 Å². The highest BCUT2D eigenvalue weighted by Gasteiger charge is 2.40. The van der Waals surface area contributed by atoms with E-state index in [1.165, 1.54) is 0 Å². The van der Waals surface area contributed by atoms with E-state index in [1.807, 2.05) is 0 Å². The first-order valence-electron chi connectivity index (χ1n) is 11.5. The lowest BCUT2D eigenvalue weighted by Gasteiger charge is -2.34. The highest BCUT2D eigenvalue weighted by Crippen LogP contribution is 2.22. The minimum atomic E-state index is -1.00. The Bertz CT molecular complexity index is 560. The predicted octanol–water partition coefficient (Wildman–Crippen LogP) is -1.47. The maximum atomic E-state index is 11.4. The van der Waals surface area contributed by atoms with Crippen molar-refractivity contribution in [3.05, 3.63) is 0 Å². The van der Waals surface area contributed by atoms with Gasteiger partial charge in [0.25, 0.3) is 0 Å². The number of ether oxygens (including phenoxy) is 10. The molecule has 11 heteroatoms. The van der Waals surface area contributed by atoms with E-state index in [0.29, 0.717) is 66.1 Å². The van der Waals surface area contributed by atoms with Crippen LogP contribution in [0.2, 0.25) is 0 Å². The fourth-order valence-corrected chi connectivity index (χ4v) is 3.25. The van der Waals surface area contributed by atoms with E-state index in [0.717, 1.165) is 0 Å².